The molecule has 0 bridgehead atoms. The van der Waals surface area contributed by atoms with E-state index in [0.717, 1.165) is 18.4 Å². The van der Waals surface area contributed by atoms with Gasteiger partial charge in [0.25, 0.3) is 5.56 Å². The fraction of sp³-hybridized carbons (Fsp3) is 0.312. The van der Waals surface area contributed by atoms with E-state index in [9.17, 15) is 9.59 Å². The average Bonchev–Trinajstić information content (AvgIpc) is 2.98. The van der Waals surface area contributed by atoms with Crippen LogP contribution < -0.4 is 16.7 Å². The molecule has 0 aliphatic heterocycles. The summed E-state index contributed by atoms with van der Waals surface area (Å²) in [4.78, 5) is 34.7. The molecule has 0 saturated heterocycles. The third-order valence-electron chi connectivity index (χ3n) is 3.83. The summed E-state index contributed by atoms with van der Waals surface area (Å²) in [6, 6.07) is 3.64. The van der Waals surface area contributed by atoms with E-state index in [1.165, 1.54) is 4.57 Å². The Bertz CT molecular complexity index is 1010. The highest BCUT2D eigenvalue weighted by Crippen LogP contribution is 2.16. The normalized spacial score (nSPS) is 11.4. The van der Waals surface area contributed by atoms with E-state index in [2.05, 4.69) is 32.4 Å². The minimum Gasteiger partial charge on any atom is -0.303 e. The molecule has 9 nitrogen and oxygen atoms in total. The lowest BCUT2D eigenvalue weighted by Gasteiger charge is -2.06. The lowest BCUT2D eigenvalue weighted by atomic mass is 10.3. The van der Waals surface area contributed by atoms with Crippen molar-refractivity contribution in [2.45, 2.75) is 26.3 Å². The number of imidazole rings is 1. The Morgan fingerprint density at radius 1 is 1.32 bits per heavy atom. The molecule has 0 aromatic carbocycles. The minimum atomic E-state index is -0.496. The van der Waals surface area contributed by atoms with E-state index < -0.39 is 11.2 Å². The number of aromatic amines is 1. The van der Waals surface area contributed by atoms with Gasteiger partial charge in [0.2, 0.25) is 5.95 Å². The van der Waals surface area contributed by atoms with Gasteiger partial charge in [-0.15, -0.1) is 0 Å². The first-order valence-corrected chi connectivity index (χ1v) is 8.00. The number of pyridine rings is 1. The topological polar surface area (TPSA) is 110 Å². The van der Waals surface area contributed by atoms with E-state index in [0.29, 0.717) is 23.7 Å². The number of rotatable bonds is 6. The van der Waals surface area contributed by atoms with Crippen LogP contribution in [-0.4, -0.2) is 30.3 Å². The molecule has 0 fully saturated rings. The summed E-state index contributed by atoms with van der Waals surface area (Å²) in [6.07, 6.45) is 6.81. The van der Waals surface area contributed by atoms with Gasteiger partial charge in [-0.2, -0.15) is 10.1 Å². The number of aromatic nitrogens is 5. The molecule has 0 spiro atoms. The monoisotopic (exact) mass is 341 g/mol. The Hall–Kier alpha value is -3.23. The van der Waals surface area contributed by atoms with Gasteiger partial charge in [0.15, 0.2) is 11.2 Å². The third-order valence-corrected chi connectivity index (χ3v) is 3.83. The maximum Gasteiger partial charge on any atom is 0.329 e. The molecule has 9 heteroatoms. The highest BCUT2D eigenvalue weighted by molar-refractivity contribution is 5.80. The second-order valence-corrected chi connectivity index (χ2v) is 5.58. The molecule has 3 heterocycles. The molecule has 0 unspecified atom stereocenters. The molecule has 130 valence electrons. The number of nitrogens with one attached hydrogen (secondary N) is 2. The molecule has 3 aromatic heterocycles. The Morgan fingerprint density at radius 2 is 2.08 bits per heavy atom. The molecule has 0 saturated carbocycles. The van der Waals surface area contributed by atoms with Crippen LogP contribution in [0.4, 0.5) is 5.95 Å². The van der Waals surface area contributed by atoms with Crippen LogP contribution in [-0.2, 0) is 13.6 Å². The van der Waals surface area contributed by atoms with Gasteiger partial charge in [-0.3, -0.25) is 19.3 Å². The summed E-state index contributed by atoms with van der Waals surface area (Å²) >= 11 is 0. The molecule has 2 N–H and O–H groups in total. The summed E-state index contributed by atoms with van der Waals surface area (Å²) < 4.78 is 3.07. The first kappa shape index (κ1) is 16.6. The van der Waals surface area contributed by atoms with Gasteiger partial charge in [-0.05, 0) is 24.1 Å². The lowest BCUT2D eigenvalue weighted by Crippen LogP contribution is -2.29. The van der Waals surface area contributed by atoms with Crippen molar-refractivity contribution in [1.29, 1.82) is 0 Å². The minimum absolute atomic E-state index is 0.325. The Morgan fingerprint density at radius 3 is 2.80 bits per heavy atom. The number of nitrogens with zero attached hydrogens (tertiary/aromatic N) is 5. The van der Waals surface area contributed by atoms with Crippen LogP contribution in [0.3, 0.4) is 0 Å². The average molecular weight is 341 g/mol. The van der Waals surface area contributed by atoms with Crippen molar-refractivity contribution >= 4 is 23.3 Å². The van der Waals surface area contributed by atoms with Crippen molar-refractivity contribution in [2.24, 2.45) is 12.1 Å². The largest absolute Gasteiger partial charge is 0.329 e. The van der Waals surface area contributed by atoms with Gasteiger partial charge in [-0.1, -0.05) is 13.3 Å². The van der Waals surface area contributed by atoms with Crippen LogP contribution in [0.5, 0.6) is 0 Å². The highest BCUT2D eigenvalue weighted by atomic mass is 16.2. The van der Waals surface area contributed by atoms with Gasteiger partial charge in [0, 0.05) is 26.0 Å². The number of anilines is 1. The number of hydrazone groups is 1. The zero-order chi connectivity index (χ0) is 17.8. The number of aryl methyl sites for hydroxylation is 2. The van der Waals surface area contributed by atoms with Crippen molar-refractivity contribution in [3.05, 3.63) is 50.9 Å². The molecule has 0 aliphatic carbocycles. The molecular weight excluding hydrogens is 322 g/mol. The Kier molecular flexibility index (Phi) is 4.73. The zero-order valence-electron chi connectivity index (χ0n) is 14.1. The SMILES string of the molecule is CCCCn1c(NN=Cc2ccncc2)nc2c1c(=O)[nH]c(=O)n2C. The first-order valence-electron chi connectivity index (χ1n) is 8.00. The van der Waals surface area contributed by atoms with Gasteiger partial charge in [0.1, 0.15) is 0 Å². The third kappa shape index (κ3) is 3.35. The van der Waals surface area contributed by atoms with Gasteiger partial charge < -0.3 is 4.57 Å². The molecule has 0 aliphatic rings. The second-order valence-electron chi connectivity index (χ2n) is 5.58. The predicted octanol–water partition coefficient (Wildman–Crippen LogP) is 1.06. The number of H-pyrrole nitrogens is 1. The Balaban J connectivity index is 2.03. The lowest BCUT2D eigenvalue weighted by molar-refractivity contribution is 0.647. The van der Waals surface area contributed by atoms with Crippen molar-refractivity contribution in [2.75, 3.05) is 5.43 Å². The Labute approximate surface area is 143 Å². The summed E-state index contributed by atoms with van der Waals surface area (Å²) in [6.45, 7) is 2.66. The molecule has 0 atom stereocenters. The smallest absolute Gasteiger partial charge is 0.303 e. The quantitative estimate of drug-likeness (QED) is 0.515. The highest BCUT2D eigenvalue weighted by Gasteiger charge is 2.16. The van der Waals surface area contributed by atoms with E-state index in [-0.39, 0.29) is 0 Å². The van der Waals surface area contributed by atoms with Crippen LogP contribution in [0.1, 0.15) is 25.3 Å². The fourth-order valence-electron chi connectivity index (χ4n) is 2.47. The van der Waals surface area contributed by atoms with Crippen LogP contribution in [0, 0.1) is 0 Å². The van der Waals surface area contributed by atoms with Crippen LogP contribution in [0.25, 0.3) is 11.2 Å². The number of fused-ring (bicyclic) bond motifs is 1. The standard InChI is InChI=1S/C16H19N7O2/c1-3-4-9-23-12-13(22(2)16(25)20-14(12)24)19-15(23)21-18-10-11-5-7-17-8-6-11/h5-8,10H,3-4,9H2,1-2H3,(H,19,21)(H,20,24,25). The van der Waals surface area contributed by atoms with E-state index in [4.69, 9.17) is 0 Å². The zero-order valence-corrected chi connectivity index (χ0v) is 14.1. The molecule has 0 amide bonds. The maximum absolute atomic E-state index is 12.2. The summed E-state index contributed by atoms with van der Waals surface area (Å²) in [5.74, 6) is 0.417. The van der Waals surface area contributed by atoms with Crippen LogP contribution in [0.15, 0.2) is 39.2 Å². The first-order chi connectivity index (χ1) is 12.1. The van der Waals surface area contributed by atoms with Gasteiger partial charge in [0.05, 0.1) is 6.21 Å². The van der Waals surface area contributed by atoms with Gasteiger partial charge >= 0.3 is 5.69 Å². The van der Waals surface area contributed by atoms with Gasteiger partial charge in [-0.25, -0.2) is 10.2 Å². The predicted molar refractivity (Wildman–Crippen MR) is 96.0 cm³/mol. The van der Waals surface area contributed by atoms with Crippen molar-refractivity contribution in [1.82, 2.24) is 24.1 Å². The molecule has 0 radical (unpaired) electrons. The number of hydrogen-bond donors (Lipinski definition) is 2. The van der Waals surface area contributed by atoms with Crippen molar-refractivity contribution in [3.8, 4) is 0 Å². The fourth-order valence-corrected chi connectivity index (χ4v) is 2.47. The van der Waals surface area contributed by atoms with Crippen molar-refractivity contribution in [3.63, 3.8) is 0 Å². The second kappa shape index (κ2) is 7.12. The molecule has 3 rings (SSSR count). The van der Waals surface area contributed by atoms with E-state index >= 15 is 0 Å². The van der Waals surface area contributed by atoms with Crippen LogP contribution in [0.2, 0.25) is 0 Å². The van der Waals surface area contributed by atoms with Crippen LogP contribution >= 0.6 is 0 Å². The van der Waals surface area contributed by atoms with E-state index in [1.807, 2.05) is 12.1 Å². The molecule has 25 heavy (non-hydrogen) atoms. The number of unbranched alkanes of at least 4 members (excludes halogenated alkanes) is 1. The maximum atomic E-state index is 12.2. The van der Waals surface area contributed by atoms with E-state index in [1.54, 1.807) is 30.2 Å². The summed E-state index contributed by atoms with van der Waals surface area (Å²) in [7, 11) is 1.57. The van der Waals surface area contributed by atoms with Crippen molar-refractivity contribution < 1.29 is 0 Å². The summed E-state index contributed by atoms with van der Waals surface area (Å²) in [5.41, 5.74) is 3.48. The molecular formula is C16H19N7O2. The molecule has 3 aromatic rings. The number of hydrogen-bond acceptors (Lipinski definition) is 6. The summed E-state index contributed by atoms with van der Waals surface area (Å²) in [5, 5.41) is 4.17.